The molecular weight excluding hydrogens is 310 g/mol. The van der Waals surface area contributed by atoms with Crippen LogP contribution in [0.4, 0.5) is 23.2 Å². The number of carbonyl (C=O) groups is 1. The summed E-state index contributed by atoms with van der Waals surface area (Å²) in [6, 6.07) is 3.27. The van der Waals surface area contributed by atoms with Crippen molar-refractivity contribution in [3.63, 3.8) is 0 Å². The number of halogens is 4. The molecule has 2 rings (SSSR count). The van der Waals surface area contributed by atoms with Crippen molar-refractivity contribution >= 4 is 23.0 Å². The number of carboxylic acid groups (broad SMARTS) is 1. The van der Waals surface area contributed by atoms with Gasteiger partial charge in [0.25, 0.3) is 0 Å². The van der Waals surface area contributed by atoms with E-state index in [1.54, 1.807) is 12.1 Å². The summed E-state index contributed by atoms with van der Waals surface area (Å²) in [5.41, 5.74) is -0.888. The van der Waals surface area contributed by atoms with Crippen LogP contribution < -0.4 is 5.32 Å². The quantitative estimate of drug-likeness (QED) is 0.654. The lowest BCUT2D eigenvalue weighted by molar-refractivity contribution is -0.136. The Morgan fingerprint density at radius 2 is 1.67 bits per heavy atom. The fourth-order valence-electron chi connectivity index (χ4n) is 1.67. The Morgan fingerprint density at radius 3 is 2.24 bits per heavy atom. The van der Waals surface area contributed by atoms with Crippen LogP contribution in [0.2, 0.25) is 0 Å². The van der Waals surface area contributed by atoms with Gasteiger partial charge in [0.05, 0.1) is 6.42 Å². The van der Waals surface area contributed by atoms with E-state index < -0.39 is 34.9 Å². The zero-order valence-corrected chi connectivity index (χ0v) is 11.2. The molecule has 0 aliphatic carbocycles. The van der Waals surface area contributed by atoms with E-state index >= 15 is 0 Å². The SMILES string of the molecule is O=C(O)Cc1ccc(CNc2c(F)c(F)cc(F)c2F)s1. The number of aliphatic carboxylic acids is 1. The molecular formula is C13H9F4NO2S. The molecule has 0 aliphatic heterocycles. The lowest BCUT2D eigenvalue weighted by Gasteiger charge is -2.08. The van der Waals surface area contributed by atoms with Gasteiger partial charge in [-0.15, -0.1) is 11.3 Å². The van der Waals surface area contributed by atoms with Crippen molar-refractivity contribution in [1.29, 1.82) is 0 Å². The molecule has 0 fully saturated rings. The highest BCUT2D eigenvalue weighted by molar-refractivity contribution is 7.12. The molecule has 2 aromatic rings. The summed E-state index contributed by atoms with van der Waals surface area (Å²) in [6.45, 7) is -0.0823. The van der Waals surface area contributed by atoms with Gasteiger partial charge in [0.15, 0.2) is 23.3 Å². The summed E-state index contributed by atoms with van der Waals surface area (Å²) in [4.78, 5) is 11.7. The van der Waals surface area contributed by atoms with E-state index in [2.05, 4.69) is 5.32 Å². The van der Waals surface area contributed by atoms with Crippen LogP contribution in [0.25, 0.3) is 0 Å². The monoisotopic (exact) mass is 319 g/mol. The maximum absolute atomic E-state index is 13.4. The third-order valence-electron chi connectivity index (χ3n) is 2.59. The van der Waals surface area contributed by atoms with Gasteiger partial charge in [-0.3, -0.25) is 4.79 Å². The van der Waals surface area contributed by atoms with Crippen LogP contribution in [0.3, 0.4) is 0 Å². The molecule has 112 valence electrons. The van der Waals surface area contributed by atoms with Crippen LogP contribution in [0.5, 0.6) is 0 Å². The fraction of sp³-hybridized carbons (Fsp3) is 0.154. The molecule has 0 radical (unpaired) electrons. The fourth-order valence-corrected chi connectivity index (χ4v) is 2.61. The summed E-state index contributed by atoms with van der Waals surface area (Å²) in [5, 5.41) is 10.9. The Hall–Kier alpha value is -2.09. The maximum atomic E-state index is 13.4. The second-order valence-electron chi connectivity index (χ2n) is 4.14. The van der Waals surface area contributed by atoms with Crippen LogP contribution in [0.15, 0.2) is 18.2 Å². The van der Waals surface area contributed by atoms with Crippen LogP contribution in [0.1, 0.15) is 9.75 Å². The normalized spacial score (nSPS) is 10.7. The first kappa shape index (κ1) is 15.3. The number of anilines is 1. The predicted molar refractivity (Wildman–Crippen MR) is 69.3 cm³/mol. The zero-order chi connectivity index (χ0) is 15.6. The molecule has 21 heavy (non-hydrogen) atoms. The molecule has 1 aromatic heterocycles. The Bertz CT molecular complexity index is 661. The topological polar surface area (TPSA) is 49.3 Å². The second kappa shape index (κ2) is 6.13. The van der Waals surface area contributed by atoms with E-state index in [1.807, 2.05) is 0 Å². The molecule has 1 heterocycles. The van der Waals surface area contributed by atoms with Gasteiger partial charge < -0.3 is 10.4 Å². The number of thiophene rings is 1. The highest BCUT2D eigenvalue weighted by atomic mass is 32.1. The number of nitrogens with one attached hydrogen (secondary N) is 1. The van der Waals surface area contributed by atoms with Crippen LogP contribution >= 0.6 is 11.3 Å². The number of benzene rings is 1. The van der Waals surface area contributed by atoms with Crippen molar-refractivity contribution in [2.24, 2.45) is 0 Å². The third kappa shape index (κ3) is 3.52. The largest absolute Gasteiger partial charge is 0.481 e. The summed E-state index contributed by atoms with van der Waals surface area (Å²) in [5.74, 6) is -6.99. The van der Waals surface area contributed by atoms with Crippen LogP contribution in [-0.4, -0.2) is 11.1 Å². The third-order valence-corrected chi connectivity index (χ3v) is 3.68. The minimum absolute atomic E-state index is 0.0823. The zero-order valence-electron chi connectivity index (χ0n) is 10.4. The van der Waals surface area contributed by atoms with Crippen molar-refractivity contribution in [3.05, 3.63) is 51.2 Å². The molecule has 0 amide bonds. The molecule has 0 bridgehead atoms. The summed E-state index contributed by atoms with van der Waals surface area (Å²) >= 11 is 1.12. The van der Waals surface area contributed by atoms with E-state index in [4.69, 9.17) is 5.11 Å². The van der Waals surface area contributed by atoms with E-state index in [-0.39, 0.29) is 19.0 Å². The average molecular weight is 319 g/mol. The first-order valence-corrected chi connectivity index (χ1v) is 6.56. The highest BCUT2D eigenvalue weighted by Gasteiger charge is 2.19. The van der Waals surface area contributed by atoms with Crippen molar-refractivity contribution in [1.82, 2.24) is 0 Å². The number of rotatable bonds is 5. The van der Waals surface area contributed by atoms with Crippen molar-refractivity contribution < 1.29 is 27.5 Å². The molecule has 2 N–H and O–H groups in total. The van der Waals surface area contributed by atoms with Gasteiger partial charge in [-0.25, -0.2) is 17.6 Å². The molecule has 8 heteroatoms. The molecule has 0 unspecified atom stereocenters. The minimum atomic E-state index is -1.50. The lowest BCUT2D eigenvalue weighted by Crippen LogP contribution is -2.06. The van der Waals surface area contributed by atoms with Crippen molar-refractivity contribution in [2.45, 2.75) is 13.0 Å². The molecule has 0 saturated heterocycles. The van der Waals surface area contributed by atoms with E-state index in [0.717, 1.165) is 11.3 Å². The van der Waals surface area contributed by atoms with Gasteiger partial charge in [0.2, 0.25) is 0 Å². The molecule has 0 aliphatic rings. The number of hydrogen-bond donors (Lipinski definition) is 2. The molecule has 3 nitrogen and oxygen atoms in total. The Balaban J connectivity index is 2.13. The molecule has 0 saturated carbocycles. The first-order valence-electron chi connectivity index (χ1n) is 5.74. The minimum Gasteiger partial charge on any atom is -0.481 e. The summed E-state index contributed by atoms with van der Waals surface area (Å²) in [6.07, 6.45) is -0.165. The van der Waals surface area contributed by atoms with Crippen molar-refractivity contribution in [3.8, 4) is 0 Å². The number of hydrogen-bond acceptors (Lipinski definition) is 3. The van der Waals surface area contributed by atoms with Crippen molar-refractivity contribution in [2.75, 3.05) is 5.32 Å². The van der Waals surface area contributed by atoms with Gasteiger partial charge >= 0.3 is 5.97 Å². The Labute approximate surface area is 120 Å². The predicted octanol–water partition coefficient (Wildman–Crippen LogP) is 3.54. The van der Waals surface area contributed by atoms with Gasteiger partial charge in [-0.05, 0) is 12.1 Å². The molecule has 1 aromatic carbocycles. The smallest absolute Gasteiger partial charge is 0.308 e. The van der Waals surface area contributed by atoms with E-state index in [1.165, 1.54) is 0 Å². The molecule has 0 spiro atoms. The van der Waals surface area contributed by atoms with Crippen LogP contribution in [-0.2, 0) is 17.8 Å². The molecule has 0 atom stereocenters. The van der Waals surface area contributed by atoms with Gasteiger partial charge in [0, 0.05) is 22.4 Å². The second-order valence-corrected chi connectivity index (χ2v) is 5.39. The van der Waals surface area contributed by atoms with Crippen LogP contribution in [0, 0.1) is 23.3 Å². The lowest BCUT2D eigenvalue weighted by atomic mass is 10.2. The summed E-state index contributed by atoms with van der Waals surface area (Å²) in [7, 11) is 0. The summed E-state index contributed by atoms with van der Waals surface area (Å²) < 4.78 is 52.8. The van der Waals surface area contributed by atoms with Gasteiger partial charge in [-0.1, -0.05) is 0 Å². The van der Waals surface area contributed by atoms with E-state index in [0.29, 0.717) is 9.75 Å². The number of carboxylic acids is 1. The highest BCUT2D eigenvalue weighted by Crippen LogP contribution is 2.25. The Kier molecular flexibility index (Phi) is 4.46. The standard InChI is InChI=1S/C13H9F4NO2S/c14-8-4-9(15)12(17)13(11(8)16)18-5-7-2-1-6(21-7)3-10(19)20/h1-2,4,18H,3,5H2,(H,19,20). The van der Waals surface area contributed by atoms with Gasteiger partial charge in [-0.2, -0.15) is 0 Å². The Morgan fingerprint density at radius 1 is 1.10 bits per heavy atom. The average Bonchev–Trinajstić information content (AvgIpc) is 2.83. The van der Waals surface area contributed by atoms with E-state index in [9.17, 15) is 22.4 Å². The first-order chi connectivity index (χ1) is 9.88. The maximum Gasteiger partial charge on any atom is 0.308 e. The van der Waals surface area contributed by atoms with Gasteiger partial charge in [0.1, 0.15) is 5.69 Å².